The number of aliphatic hydroxyl groups is 2. The molecule has 0 unspecified atom stereocenters. The normalized spacial score (nSPS) is 18.8. The molecule has 0 saturated carbocycles. The molecule has 6 heteroatoms. The number of hydrogen-bond acceptors (Lipinski definition) is 5. The summed E-state index contributed by atoms with van der Waals surface area (Å²) in [6.45, 7) is 0. The van der Waals surface area contributed by atoms with Crippen molar-refractivity contribution in [2.75, 3.05) is 10.1 Å². The van der Waals surface area contributed by atoms with E-state index in [0.717, 1.165) is 0 Å². The van der Waals surface area contributed by atoms with Crippen LogP contribution in [0.3, 0.4) is 0 Å². The second kappa shape index (κ2) is 3.97. The molecule has 0 radical (unpaired) electrons. The van der Waals surface area contributed by atoms with Gasteiger partial charge in [0.1, 0.15) is 0 Å². The molecule has 0 aliphatic carbocycles. The molecule has 1 aromatic carbocycles. The summed E-state index contributed by atoms with van der Waals surface area (Å²) >= 11 is 1.26. The fourth-order valence-electron chi connectivity index (χ4n) is 1.53. The van der Waals surface area contributed by atoms with Crippen LogP contribution in [0.2, 0.25) is 0 Å². The van der Waals surface area contributed by atoms with E-state index in [4.69, 9.17) is 5.11 Å². The first kappa shape index (κ1) is 11.3. The summed E-state index contributed by atoms with van der Waals surface area (Å²) < 4.78 is 1.32. The highest BCUT2D eigenvalue weighted by molar-refractivity contribution is 8.00. The number of carboxylic acids is 1. The lowest BCUT2D eigenvalue weighted by Gasteiger charge is -2.28. The maximum atomic E-state index is 10.8. The second-order valence-electron chi connectivity index (χ2n) is 3.51. The number of hydrogen-bond donors (Lipinski definition) is 3. The van der Waals surface area contributed by atoms with Crippen LogP contribution in [0, 0.1) is 0 Å². The average Bonchev–Trinajstić information content (AvgIpc) is 2.58. The van der Waals surface area contributed by atoms with Crippen LogP contribution in [-0.4, -0.2) is 33.0 Å². The topological polar surface area (TPSA) is 81.0 Å². The van der Waals surface area contributed by atoms with Crippen molar-refractivity contribution in [1.82, 2.24) is 0 Å². The molecule has 2 rings (SSSR count). The van der Waals surface area contributed by atoms with Gasteiger partial charge in [0.15, 0.2) is 0 Å². The number of aromatic carboxylic acids is 1. The summed E-state index contributed by atoms with van der Waals surface area (Å²) in [5, 5.41) is 28.1. The van der Waals surface area contributed by atoms with Gasteiger partial charge in [0, 0.05) is 12.2 Å². The number of benzene rings is 1. The highest BCUT2D eigenvalue weighted by atomic mass is 32.2. The van der Waals surface area contributed by atoms with E-state index in [9.17, 15) is 15.0 Å². The minimum atomic E-state index is -1.90. The van der Waals surface area contributed by atoms with Gasteiger partial charge in [-0.05, 0) is 30.1 Å². The van der Waals surface area contributed by atoms with Gasteiger partial charge in [0.2, 0.25) is 0 Å². The van der Waals surface area contributed by atoms with Gasteiger partial charge >= 0.3 is 5.97 Å². The third-order valence-electron chi connectivity index (χ3n) is 2.31. The minimum Gasteiger partial charge on any atom is -0.478 e. The predicted molar refractivity (Wildman–Crippen MR) is 60.1 cm³/mol. The molecule has 1 saturated heterocycles. The molecule has 0 spiro atoms. The van der Waals surface area contributed by atoms with E-state index in [1.807, 2.05) is 0 Å². The Labute approximate surface area is 96.4 Å². The second-order valence-corrected chi connectivity index (χ2v) is 4.54. The number of carbonyl (C=O) groups is 1. The first-order chi connectivity index (χ1) is 7.50. The highest BCUT2D eigenvalue weighted by Gasteiger charge is 2.38. The molecule has 3 N–H and O–H groups in total. The molecule has 1 fully saturated rings. The molecule has 0 aromatic heterocycles. The zero-order valence-corrected chi connectivity index (χ0v) is 9.15. The van der Waals surface area contributed by atoms with Gasteiger partial charge in [-0.1, -0.05) is 6.07 Å². The van der Waals surface area contributed by atoms with Crippen LogP contribution in [0.25, 0.3) is 0 Å². The number of rotatable bonds is 2. The molecule has 5 nitrogen and oxygen atoms in total. The monoisotopic (exact) mass is 241 g/mol. The Morgan fingerprint density at radius 1 is 1.44 bits per heavy atom. The maximum absolute atomic E-state index is 10.8. The lowest BCUT2D eigenvalue weighted by Crippen LogP contribution is -2.40. The van der Waals surface area contributed by atoms with Crippen molar-refractivity contribution in [2.24, 2.45) is 0 Å². The largest absolute Gasteiger partial charge is 0.478 e. The fraction of sp³-hybridized carbons (Fsp3) is 0.300. The van der Waals surface area contributed by atoms with E-state index in [-0.39, 0.29) is 12.0 Å². The minimum absolute atomic E-state index is 0.126. The SMILES string of the molecule is O=C(O)c1cccc(N2SCCC2(O)O)c1. The van der Waals surface area contributed by atoms with Crippen LogP contribution in [-0.2, 0) is 0 Å². The first-order valence-corrected chi connectivity index (χ1v) is 5.66. The molecule has 1 aromatic rings. The molecule has 86 valence electrons. The third-order valence-corrected chi connectivity index (χ3v) is 3.46. The van der Waals surface area contributed by atoms with Crippen LogP contribution in [0.4, 0.5) is 5.69 Å². The van der Waals surface area contributed by atoms with Crippen molar-refractivity contribution in [2.45, 2.75) is 12.3 Å². The molecule has 1 aliphatic rings. The number of carboxylic acid groups (broad SMARTS) is 1. The van der Waals surface area contributed by atoms with Crippen molar-refractivity contribution < 1.29 is 20.1 Å². The molecule has 16 heavy (non-hydrogen) atoms. The summed E-state index contributed by atoms with van der Waals surface area (Å²) in [4.78, 5) is 10.8. The number of nitrogens with zero attached hydrogens (tertiary/aromatic N) is 1. The fourth-order valence-corrected chi connectivity index (χ4v) is 2.63. The van der Waals surface area contributed by atoms with Gasteiger partial charge in [-0.3, -0.25) is 4.31 Å². The Bertz CT molecular complexity index is 421. The molecule has 0 atom stereocenters. The lowest BCUT2D eigenvalue weighted by molar-refractivity contribution is -0.143. The molecule has 1 aliphatic heterocycles. The zero-order chi connectivity index (χ0) is 11.8. The van der Waals surface area contributed by atoms with Crippen LogP contribution in [0.15, 0.2) is 24.3 Å². The highest BCUT2D eigenvalue weighted by Crippen LogP contribution is 2.37. The van der Waals surface area contributed by atoms with Gasteiger partial charge in [0.05, 0.1) is 11.3 Å². The summed E-state index contributed by atoms with van der Waals surface area (Å²) in [6.07, 6.45) is 0.231. The van der Waals surface area contributed by atoms with E-state index in [1.54, 1.807) is 12.1 Å². The van der Waals surface area contributed by atoms with Gasteiger partial charge < -0.3 is 15.3 Å². The van der Waals surface area contributed by atoms with Crippen molar-refractivity contribution >= 4 is 23.6 Å². The summed E-state index contributed by atoms with van der Waals surface area (Å²) in [5.41, 5.74) is 0.605. The van der Waals surface area contributed by atoms with Crippen molar-refractivity contribution in [3.63, 3.8) is 0 Å². The van der Waals surface area contributed by atoms with Crippen molar-refractivity contribution in [3.05, 3.63) is 29.8 Å². The van der Waals surface area contributed by atoms with E-state index in [0.29, 0.717) is 11.4 Å². The molecule has 1 heterocycles. The van der Waals surface area contributed by atoms with E-state index >= 15 is 0 Å². The first-order valence-electron chi connectivity index (χ1n) is 4.72. The Morgan fingerprint density at radius 2 is 2.19 bits per heavy atom. The van der Waals surface area contributed by atoms with Gasteiger partial charge in [-0.2, -0.15) is 0 Å². The quantitative estimate of drug-likeness (QED) is 0.527. The van der Waals surface area contributed by atoms with Gasteiger partial charge in [-0.25, -0.2) is 4.79 Å². The Hall–Kier alpha value is -1.24. The summed E-state index contributed by atoms with van der Waals surface area (Å²) in [7, 11) is 0. The van der Waals surface area contributed by atoms with E-state index < -0.39 is 11.9 Å². The van der Waals surface area contributed by atoms with Crippen LogP contribution in [0.1, 0.15) is 16.8 Å². The molecule has 0 bridgehead atoms. The molecular weight excluding hydrogens is 230 g/mol. The predicted octanol–water partition coefficient (Wildman–Crippen LogP) is 0.881. The summed E-state index contributed by atoms with van der Waals surface area (Å²) in [5.74, 6) is -2.35. The molecule has 0 amide bonds. The van der Waals surface area contributed by atoms with Crippen LogP contribution >= 0.6 is 11.9 Å². The van der Waals surface area contributed by atoms with E-state index in [2.05, 4.69) is 0 Å². The van der Waals surface area contributed by atoms with Crippen molar-refractivity contribution in [3.8, 4) is 0 Å². The lowest BCUT2D eigenvalue weighted by atomic mass is 10.2. The zero-order valence-electron chi connectivity index (χ0n) is 8.33. The van der Waals surface area contributed by atoms with Crippen LogP contribution < -0.4 is 4.31 Å². The number of anilines is 1. The Kier molecular flexibility index (Phi) is 2.79. The Morgan fingerprint density at radius 3 is 2.75 bits per heavy atom. The van der Waals surface area contributed by atoms with E-state index in [1.165, 1.54) is 28.4 Å². The van der Waals surface area contributed by atoms with Gasteiger partial charge in [0.25, 0.3) is 5.91 Å². The average molecular weight is 241 g/mol. The molecular formula is C10H11NO4S. The van der Waals surface area contributed by atoms with Crippen molar-refractivity contribution in [1.29, 1.82) is 0 Å². The Balaban J connectivity index is 2.34. The van der Waals surface area contributed by atoms with Crippen LogP contribution in [0.5, 0.6) is 0 Å². The standard InChI is InChI=1S/C10H11NO4S/c12-9(13)7-2-1-3-8(6-7)11-10(14,15)4-5-16-11/h1-3,6,14-15H,4-5H2,(H,12,13). The van der Waals surface area contributed by atoms with Gasteiger partial charge in [-0.15, -0.1) is 0 Å². The third kappa shape index (κ3) is 1.99. The summed E-state index contributed by atoms with van der Waals surface area (Å²) in [6, 6.07) is 6.10. The maximum Gasteiger partial charge on any atom is 0.335 e. The smallest absolute Gasteiger partial charge is 0.335 e.